The molecule has 0 unspecified atom stereocenters. The first-order chi connectivity index (χ1) is 4.74. The molecule has 0 saturated heterocycles. The van der Waals surface area contributed by atoms with Gasteiger partial charge in [0.05, 0.1) is 11.3 Å². The summed E-state index contributed by atoms with van der Waals surface area (Å²) in [5.74, 6) is 0. The summed E-state index contributed by atoms with van der Waals surface area (Å²) < 4.78 is 0.643. The van der Waals surface area contributed by atoms with Crippen LogP contribution in [0.2, 0.25) is 0 Å². The Hall–Kier alpha value is -1.08. The zero-order valence-electron chi connectivity index (χ0n) is 5.00. The molecule has 4 heteroatoms. The number of nitrogens with zero attached hydrogens (tertiary/aromatic N) is 2. The van der Waals surface area contributed by atoms with Gasteiger partial charge in [-0.05, 0) is 22.0 Å². The van der Waals surface area contributed by atoms with E-state index in [0.717, 1.165) is 0 Å². The lowest BCUT2D eigenvalue weighted by atomic mass is 10.3. The number of pyridine rings is 1. The van der Waals surface area contributed by atoms with Gasteiger partial charge in [0, 0.05) is 6.20 Å². The minimum atomic E-state index is 0.406. The summed E-state index contributed by atoms with van der Waals surface area (Å²) in [7, 11) is 0. The number of halogens is 1. The third kappa shape index (κ3) is 1.25. The zero-order chi connectivity index (χ0) is 7.56. The Morgan fingerprint density at radius 3 is 2.90 bits per heavy atom. The number of hydrogen-bond donors (Lipinski definition) is 1. The van der Waals surface area contributed by atoms with Crippen molar-refractivity contribution in [2.45, 2.75) is 0 Å². The third-order valence-corrected chi connectivity index (χ3v) is 1.46. The van der Waals surface area contributed by atoms with Crippen molar-refractivity contribution in [1.82, 2.24) is 4.98 Å². The van der Waals surface area contributed by atoms with Crippen LogP contribution < -0.4 is 5.73 Å². The number of aromatic nitrogens is 1. The lowest BCUT2D eigenvalue weighted by Crippen LogP contribution is -1.90. The van der Waals surface area contributed by atoms with E-state index in [1.807, 2.05) is 6.07 Å². The van der Waals surface area contributed by atoms with Crippen molar-refractivity contribution >= 4 is 21.6 Å². The number of nitriles is 1. The van der Waals surface area contributed by atoms with Crippen molar-refractivity contribution in [3.8, 4) is 6.07 Å². The van der Waals surface area contributed by atoms with E-state index >= 15 is 0 Å². The van der Waals surface area contributed by atoms with Crippen molar-refractivity contribution < 1.29 is 0 Å². The van der Waals surface area contributed by atoms with Crippen LogP contribution in [0, 0.1) is 11.3 Å². The molecule has 2 N–H and O–H groups in total. The zero-order valence-corrected chi connectivity index (χ0v) is 6.59. The quantitative estimate of drug-likeness (QED) is 0.639. The fourth-order valence-corrected chi connectivity index (χ4v) is 0.887. The van der Waals surface area contributed by atoms with Crippen LogP contribution in [0.1, 0.15) is 5.56 Å². The van der Waals surface area contributed by atoms with Crippen molar-refractivity contribution in [3.63, 3.8) is 0 Å². The van der Waals surface area contributed by atoms with E-state index in [4.69, 9.17) is 11.0 Å². The minimum Gasteiger partial charge on any atom is -0.398 e. The Morgan fingerprint density at radius 1 is 1.70 bits per heavy atom. The number of nitrogen functional groups attached to an aromatic ring is 1. The largest absolute Gasteiger partial charge is 0.398 e. The molecule has 3 nitrogen and oxygen atoms in total. The van der Waals surface area contributed by atoms with Crippen LogP contribution in [0.4, 0.5) is 5.69 Å². The minimum absolute atomic E-state index is 0.406. The van der Waals surface area contributed by atoms with E-state index in [1.165, 1.54) is 6.20 Å². The van der Waals surface area contributed by atoms with E-state index in [1.54, 1.807) is 6.07 Å². The maximum absolute atomic E-state index is 8.42. The fraction of sp³-hybridized carbons (Fsp3) is 0. The second-order valence-corrected chi connectivity index (χ2v) is 2.52. The molecular formula is C6H4BrN3. The van der Waals surface area contributed by atoms with Crippen LogP contribution in [-0.4, -0.2) is 4.98 Å². The third-order valence-electron chi connectivity index (χ3n) is 1.02. The van der Waals surface area contributed by atoms with E-state index in [9.17, 15) is 0 Å². The predicted molar refractivity (Wildman–Crippen MR) is 41.1 cm³/mol. The molecule has 0 amide bonds. The highest BCUT2D eigenvalue weighted by Gasteiger charge is 1.97. The van der Waals surface area contributed by atoms with Crippen molar-refractivity contribution in [2.24, 2.45) is 0 Å². The molecule has 0 atom stereocenters. The summed E-state index contributed by atoms with van der Waals surface area (Å²) in [5, 5.41) is 8.42. The van der Waals surface area contributed by atoms with Gasteiger partial charge in [-0.15, -0.1) is 0 Å². The Kier molecular flexibility index (Phi) is 1.88. The molecule has 0 aliphatic rings. The van der Waals surface area contributed by atoms with E-state index in [0.29, 0.717) is 15.9 Å². The van der Waals surface area contributed by atoms with Crippen LogP contribution in [0.25, 0.3) is 0 Å². The van der Waals surface area contributed by atoms with Crippen LogP contribution >= 0.6 is 15.9 Å². The molecule has 0 aliphatic carbocycles. The molecule has 0 radical (unpaired) electrons. The summed E-state index contributed by atoms with van der Waals surface area (Å²) >= 11 is 3.12. The summed E-state index contributed by atoms with van der Waals surface area (Å²) in [6, 6.07) is 3.51. The highest BCUT2D eigenvalue weighted by atomic mass is 79.9. The van der Waals surface area contributed by atoms with E-state index < -0.39 is 0 Å². The standard InChI is InChI=1S/C6H4BrN3/c7-6-1-5(9)4(2-8)3-10-6/h1,3H,(H2,9,10). The van der Waals surface area contributed by atoms with Gasteiger partial charge >= 0.3 is 0 Å². The van der Waals surface area contributed by atoms with Gasteiger partial charge in [-0.1, -0.05) is 0 Å². The molecule has 10 heavy (non-hydrogen) atoms. The summed E-state index contributed by atoms with van der Waals surface area (Å²) in [6.45, 7) is 0. The normalized spacial score (nSPS) is 8.80. The Bertz CT molecular complexity index is 290. The molecule has 0 bridgehead atoms. The second kappa shape index (κ2) is 2.67. The van der Waals surface area contributed by atoms with Gasteiger partial charge in [0.15, 0.2) is 0 Å². The smallest absolute Gasteiger partial charge is 0.108 e. The fourth-order valence-electron chi connectivity index (χ4n) is 0.538. The molecule has 0 aliphatic heterocycles. The van der Waals surface area contributed by atoms with Crippen molar-refractivity contribution in [2.75, 3.05) is 5.73 Å². The van der Waals surface area contributed by atoms with E-state index in [-0.39, 0.29) is 0 Å². The monoisotopic (exact) mass is 197 g/mol. The first kappa shape index (κ1) is 7.03. The predicted octanol–water partition coefficient (Wildman–Crippen LogP) is 1.30. The van der Waals surface area contributed by atoms with Gasteiger partial charge in [0.2, 0.25) is 0 Å². The molecule has 0 spiro atoms. The number of nitrogens with two attached hydrogens (primary N) is 1. The summed E-state index contributed by atoms with van der Waals surface area (Å²) in [6.07, 6.45) is 1.43. The molecule has 1 aromatic rings. The van der Waals surface area contributed by atoms with Gasteiger partial charge in [-0.3, -0.25) is 0 Å². The maximum Gasteiger partial charge on any atom is 0.108 e. The number of rotatable bonds is 0. The molecule has 0 saturated carbocycles. The van der Waals surface area contributed by atoms with Crippen LogP contribution in [0.15, 0.2) is 16.9 Å². The maximum atomic E-state index is 8.42. The highest BCUT2D eigenvalue weighted by Crippen LogP contribution is 2.13. The van der Waals surface area contributed by atoms with Crippen LogP contribution in [-0.2, 0) is 0 Å². The summed E-state index contributed by atoms with van der Waals surface area (Å²) in [5.41, 5.74) is 6.29. The van der Waals surface area contributed by atoms with Gasteiger partial charge in [-0.25, -0.2) is 4.98 Å². The first-order valence-corrected chi connectivity index (χ1v) is 3.34. The van der Waals surface area contributed by atoms with E-state index in [2.05, 4.69) is 20.9 Å². The SMILES string of the molecule is N#Cc1cnc(Br)cc1N. The van der Waals surface area contributed by atoms with Gasteiger partial charge in [0.25, 0.3) is 0 Å². The van der Waals surface area contributed by atoms with Gasteiger partial charge < -0.3 is 5.73 Å². The van der Waals surface area contributed by atoms with Crippen LogP contribution in [0.5, 0.6) is 0 Å². The molecule has 1 heterocycles. The lowest BCUT2D eigenvalue weighted by Gasteiger charge is -1.94. The van der Waals surface area contributed by atoms with Crippen molar-refractivity contribution in [3.05, 3.63) is 22.4 Å². The Labute approximate surface area is 66.6 Å². The average Bonchev–Trinajstić information content (AvgIpc) is 1.88. The molecule has 0 fully saturated rings. The number of hydrogen-bond acceptors (Lipinski definition) is 3. The average molecular weight is 198 g/mol. The molecule has 1 aromatic heterocycles. The molecule has 0 aromatic carbocycles. The Morgan fingerprint density at radius 2 is 2.40 bits per heavy atom. The Balaban J connectivity index is 3.23. The highest BCUT2D eigenvalue weighted by molar-refractivity contribution is 9.10. The molecule has 50 valence electrons. The number of anilines is 1. The second-order valence-electron chi connectivity index (χ2n) is 1.71. The summed E-state index contributed by atoms with van der Waals surface area (Å²) in [4.78, 5) is 3.82. The van der Waals surface area contributed by atoms with Gasteiger partial charge in [0.1, 0.15) is 10.7 Å². The van der Waals surface area contributed by atoms with Crippen LogP contribution in [0.3, 0.4) is 0 Å². The first-order valence-electron chi connectivity index (χ1n) is 2.55. The topological polar surface area (TPSA) is 62.7 Å². The van der Waals surface area contributed by atoms with Gasteiger partial charge in [-0.2, -0.15) is 5.26 Å². The van der Waals surface area contributed by atoms with Crippen molar-refractivity contribution in [1.29, 1.82) is 5.26 Å². The molecular weight excluding hydrogens is 194 g/mol. The lowest BCUT2D eigenvalue weighted by molar-refractivity contribution is 1.26. The molecule has 1 rings (SSSR count).